The first-order valence-corrected chi connectivity index (χ1v) is 22.8. The number of urea groups is 1. The zero-order chi connectivity index (χ0) is 40.0. The number of carbonyl (C=O) groups excluding carboxylic acids is 5. The van der Waals surface area contributed by atoms with Gasteiger partial charge in [-0.3, -0.25) is 19.2 Å². The van der Waals surface area contributed by atoms with Crippen LogP contribution in [0.3, 0.4) is 0 Å². The van der Waals surface area contributed by atoms with Gasteiger partial charge in [0.25, 0.3) is 5.91 Å². The molecule has 1 aliphatic heterocycles. The van der Waals surface area contributed by atoms with Crippen molar-refractivity contribution < 1.29 is 32.4 Å². The molecule has 55 heavy (non-hydrogen) atoms. The number of nitrogens with one attached hydrogen (secondary N) is 4. The molecule has 5 amide bonds. The summed E-state index contributed by atoms with van der Waals surface area (Å²) in [6.07, 6.45) is 16.4. The van der Waals surface area contributed by atoms with Gasteiger partial charge < -0.3 is 26.2 Å². The van der Waals surface area contributed by atoms with E-state index in [4.69, 9.17) is 0 Å². The summed E-state index contributed by atoms with van der Waals surface area (Å²) < 4.78 is 26.0. The standard InChI is InChI=1S/C42H67N5O7S/c1-39(2,3)55(53,54)26-42(21-11-8-12-22-42)46-38(52)45-34(41(6)19-9-7-10-20-41)37(51)47-25-29-31(40(29,4)5)32(47)35(49)44-30(24-28-17-18-28)33(48)36(50)43-23-13-14-27-15-16-27/h13-14,27-32,34H,7-12,15-26H2,1-6H3,(H,43,50)(H,44,49)(H2,45,46,52)/b14-13+/t29-,30?,31-,32-,34+/m0/s1. The molecule has 1 unspecified atom stereocenters. The molecule has 5 aliphatic carbocycles. The van der Waals surface area contributed by atoms with Crippen molar-refractivity contribution in [1.82, 2.24) is 26.2 Å². The zero-order valence-corrected chi connectivity index (χ0v) is 35.0. The summed E-state index contributed by atoms with van der Waals surface area (Å²) in [7, 11) is -3.57. The van der Waals surface area contributed by atoms with Gasteiger partial charge in [-0.2, -0.15) is 0 Å². The Morgan fingerprint density at radius 1 is 0.855 bits per heavy atom. The number of Topliss-reactive ketones (excluding diaryl/α,β-unsaturated/α-hetero) is 1. The van der Waals surface area contributed by atoms with Crippen LogP contribution in [0.4, 0.5) is 4.79 Å². The quantitative estimate of drug-likeness (QED) is 0.134. The minimum atomic E-state index is -3.57. The Morgan fingerprint density at radius 2 is 1.47 bits per heavy atom. The number of allylic oxidation sites excluding steroid dienone is 1. The van der Waals surface area contributed by atoms with Gasteiger partial charge in [-0.25, -0.2) is 13.2 Å². The Bertz CT molecular complexity index is 1630. The minimum absolute atomic E-state index is 0.0769. The Morgan fingerprint density at radius 3 is 2.05 bits per heavy atom. The Labute approximate surface area is 328 Å². The summed E-state index contributed by atoms with van der Waals surface area (Å²) in [5, 5.41) is 11.8. The van der Waals surface area contributed by atoms with Crippen molar-refractivity contribution in [3.05, 3.63) is 12.2 Å². The summed E-state index contributed by atoms with van der Waals surface area (Å²) in [6, 6.07) is -3.35. The number of likely N-dealkylation sites (tertiary alicyclic amines) is 1. The topological polar surface area (TPSA) is 171 Å². The molecule has 12 nitrogen and oxygen atoms in total. The van der Waals surface area contributed by atoms with Crippen molar-refractivity contribution in [3.8, 4) is 0 Å². The number of hydrogen-bond donors (Lipinski definition) is 4. The Balaban J connectivity index is 1.21. The van der Waals surface area contributed by atoms with E-state index < -0.39 is 67.3 Å². The number of carbonyl (C=O) groups is 5. The number of sulfone groups is 1. The van der Waals surface area contributed by atoms with Gasteiger partial charge in [0.2, 0.25) is 17.6 Å². The second-order valence-corrected chi connectivity index (χ2v) is 22.7. The van der Waals surface area contributed by atoms with E-state index in [2.05, 4.69) is 41.2 Å². The van der Waals surface area contributed by atoms with Crippen LogP contribution in [0.25, 0.3) is 0 Å². The lowest BCUT2D eigenvalue weighted by atomic mass is 9.70. The van der Waals surface area contributed by atoms with Crippen LogP contribution in [0.15, 0.2) is 12.2 Å². The van der Waals surface area contributed by atoms with Crippen LogP contribution in [0.1, 0.15) is 138 Å². The van der Waals surface area contributed by atoms with E-state index in [0.29, 0.717) is 31.7 Å². The van der Waals surface area contributed by atoms with Gasteiger partial charge >= 0.3 is 6.03 Å². The molecule has 0 radical (unpaired) electrons. The van der Waals surface area contributed by atoms with Gasteiger partial charge in [-0.05, 0) is 100 Å². The van der Waals surface area contributed by atoms with E-state index in [1.807, 2.05) is 13.0 Å². The van der Waals surface area contributed by atoms with Crippen molar-refractivity contribution in [2.45, 2.75) is 166 Å². The summed E-state index contributed by atoms with van der Waals surface area (Å²) >= 11 is 0. The minimum Gasteiger partial charge on any atom is -0.346 e. The van der Waals surface area contributed by atoms with Gasteiger partial charge in [0.15, 0.2) is 9.84 Å². The van der Waals surface area contributed by atoms with Gasteiger partial charge in [-0.1, -0.05) is 84.3 Å². The molecular weight excluding hydrogens is 719 g/mol. The normalized spacial score (nSPS) is 28.0. The SMILES string of the molecule is CC1([C@H](NC(=O)NC2(CS(=O)(=O)C(C)(C)C)CCCCC2)C(=O)N2C[C@H]3[C@@H]([C@H]2C(=O)NC(CC2CC2)C(=O)C(=O)NC/C=C/C2CC2)C3(C)C)CCCCC1. The first-order valence-electron chi connectivity index (χ1n) is 21.2. The molecule has 5 saturated carbocycles. The van der Waals surface area contributed by atoms with Crippen LogP contribution in [0, 0.1) is 34.5 Å². The largest absolute Gasteiger partial charge is 0.346 e. The second-order valence-electron chi connectivity index (χ2n) is 19.9. The van der Waals surface area contributed by atoms with Gasteiger partial charge in [0.05, 0.1) is 22.1 Å². The van der Waals surface area contributed by atoms with Crippen molar-refractivity contribution in [1.29, 1.82) is 0 Å². The van der Waals surface area contributed by atoms with E-state index in [1.165, 1.54) is 0 Å². The third kappa shape index (κ3) is 9.44. The highest BCUT2D eigenvalue weighted by molar-refractivity contribution is 7.92. The smallest absolute Gasteiger partial charge is 0.315 e. The van der Waals surface area contributed by atoms with Crippen LogP contribution in [-0.2, 0) is 29.0 Å². The lowest BCUT2D eigenvalue weighted by Gasteiger charge is -2.44. The van der Waals surface area contributed by atoms with Crippen LogP contribution in [-0.4, -0.2) is 90.1 Å². The van der Waals surface area contributed by atoms with Gasteiger partial charge in [-0.15, -0.1) is 0 Å². The number of nitrogens with zero attached hydrogens (tertiary/aromatic N) is 1. The third-order valence-corrected chi connectivity index (χ3v) is 16.9. The Kier molecular flexibility index (Phi) is 11.9. The molecule has 5 atom stereocenters. The van der Waals surface area contributed by atoms with Crippen molar-refractivity contribution >= 4 is 39.4 Å². The maximum atomic E-state index is 15.0. The number of hydrogen-bond acceptors (Lipinski definition) is 7. The molecule has 308 valence electrons. The average Bonchev–Trinajstić information content (AvgIpc) is 4.07. The lowest BCUT2D eigenvalue weighted by Crippen LogP contribution is -2.65. The number of rotatable bonds is 15. The predicted molar refractivity (Wildman–Crippen MR) is 211 cm³/mol. The summed E-state index contributed by atoms with van der Waals surface area (Å²) in [5.41, 5.74) is -1.72. The second kappa shape index (κ2) is 15.8. The molecule has 6 rings (SSSR count). The van der Waals surface area contributed by atoms with Crippen molar-refractivity contribution in [2.24, 2.45) is 34.5 Å². The fraction of sp³-hybridized carbons (Fsp3) is 0.833. The highest BCUT2D eigenvalue weighted by atomic mass is 32.2. The monoisotopic (exact) mass is 785 g/mol. The fourth-order valence-corrected chi connectivity index (χ4v) is 11.3. The number of ketones is 1. The molecule has 1 saturated heterocycles. The maximum Gasteiger partial charge on any atom is 0.315 e. The van der Waals surface area contributed by atoms with Crippen molar-refractivity contribution in [3.63, 3.8) is 0 Å². The van der Waals surface area contributed by atoms with Crippen LogP contribution >= 0.6 is 0 Å². The molecule has 0 aromatic carbocycles. The highest BCUT2D eigenvalue weighted by Crippen LogP contribution is 2.65. The number of fused-ring (bicyclic) bond motifs is 1. The number of amides is 5. The van der Waals surface area contributed by atoms with Gasteiger partial charge in [0, 0.05) is 13.1 Å². The third-order valence-electron chi connectivity index (χ3n) is 14.1. The van der Waals surface area contributed by atoms with Crippen LogP contribution < -0.4 is 21.3 Å². The average molecular weight is 786 g/mol. The molecule has 1 heterocycles. The summed E-state index contributed by atoms with van der Waals surface area (Å²) in [4.78, 5) is 71.7. The fourth-order valence-electron chi connectivity index (χ4n) is 9.81. The van der Waals surface area contributed by atoms with Crippen LogP contribution in [0.2, 0.25) is 0 Å². The predicted octanol–water partition coefficient (Wildman–Crippen LogP) is 4.96. The highest BCUT2D eigenvalue weighted by Gasteiger charge is 2.70. The summed E-state index contributed by atoms with van der Waals surface area (Å²) in [5.74, 6) is -1.56. The zero-order valence-electron chi connectivity index (χ0n) is 34.1. The molecule has 6 aliphatic rings. The molecular formula is C42H67N5O7S. The van der Waals surface area contributed by atoms with E-state index >= 15 is 0 Å². The first-order chi connectivity index (χ1) is 25.8. The Hall–Kier alpha value is -2.96. The van der Waals surface area contributed by atoms with E-state index in [9.17, 15) is 32.4 Å². The first kappa shape index (κ1) is 41.7. The molecule has 0 bridgehead atoms. The molecule has 0 spiro atoms. The van der Waals surface area contributed by atoms with E-state index in [-0.39, 0.29) is 41.4 Å². The molecule has 6 fully saturated rings. The van der Waals surface area contributed by atoms with E-state index in [0.717, 1.165) is 77.0 Å². The molecule has 0 aromatic rings. The maximum absolute atomic E-state index is 15.0. The lowest BCUT2D eigenvalue weighted by molar-refractivity contribution is -0.146. The van der Waals surface area contributed by atoms with Crippen LogP contribution in [0.5, 0.6) is 0 Å². The van der Waals surface area contributed by atoms with Crippen molar-refractivity contribution in [2.75, 3.05) is 18.8 Å². The van der Waals surface area contributed by atoms with Gasteiger partial charge in [0.1, 0.15) is 12.1 Å². The molecule has 4 N–H and O–H groups in total. The summed E-state index contributed by atoms with van der Waals surface area (Å²) in [6.45, 7) is 11.9. The van der Waals surface area contributed by atoms with E-state index in [1.54, 1.807) is 25.7 Å². The molecule has 13 heteroatoms. The molecule has 0 aromatic heterocycles. The number of piperidine rings is 1.